The SMILES string of the molecule is C[C@H](c1ccc(F)cc1)N(c1ccc2c(c1)OCO2)S(=O)(=O)c1ccccc1. The molecule has 1 heterocycles. The molecular formula is C21H18FNO4S. The van der Waals surface area contributed by atoms with Crippen molar-refractivity contribution >= 4 is 15.7 Å². The van der Waals surface area contributed by atoms with Crippen LogP contribution in [-0.4, -0.2) is 15.2 Å². The van der Waals surface area contributed by atoms with Crippen molar-refractivity contribution in [3.05, 3.63) is 84.2 Å². The van der Waals surface area contributed by atoms with Crippen LogP contribution >= 0.6 is 0 Å². The van der Waals surface area contributed by atoms with E-state index in [2.05, 4.69) is 0 Å². The summed E-state index contributed by atoms with van der Waals surface area (Å²) in [6, 6.07) is 18.4. The van der Waals surface area contributed by atoms with E-state index in [0.29, 0.717) is 22.7 Å². The number of rotatable bonds is 5. The normalized spacial score (nSPS) is 13.9. The Hall–Kier alpha value is -3.06. The van der Waals surface area contributed by atoms with Gasteiger partial charge in [0, 0.05) is 6.07 Å². The summed E-state index contributed by atoms with van der Waals surface area (Å²) in [7, 11) is -3.89. The third-order valence-corrected chi connectivity index (χ3v) is 6.53. The summed E-state index contributed by atoms with van der Waals surface area (Å²) in [5.41, 5.74) is 1.10. The van der Waals surface area contributed by atoms with Crippen molar-refractivity contribution in [1.82, 2.24) is 0 Å². The average molecular weight is 399 g/mol. The summed E-state index contributed by atoms with van der Waals surface area (Å²) < 4.78 is 52.4. The van der Waals surface area contributed by atoms with E-state index in [1.54, 1.807) is 67.6 Å². The monoisotopic (exact) mass is 399 g/mol. The van der Waals surface area contributed by atoms with Gasteiger partial charge in [0.2, 0.25) is 6.79 Å². The Balaban J connectivity index is 1.84. The standard InChI is InChI=1S/C21H18FNO4S/c1-15(16-7-9-17(22)10-8-16)23(28(24,25)19-5-3-2-4-6-19)18-11-12-20-21(13-18)27-14-26-20/h2-13,15H,14H2,1H3/t15-/m1/s1. The fraction of sp³-hybridized carbons (Fsp3) is 0.143. The van der Waals surface area contributed by atoms with Gasteiger partial charge in [0.1, 0.15) is 5.82 Å². The van der Waals surface area contributed by atoms with E-state index >= 15 is 0 Å². The lowest BCUT2D eigenvalue weighted by atomic mass is 10.1. The smallest absolute Gasteiger partial charge is 0.264 e. The summed E-state index contributed by atoms with van der Waals surface area (Å²) in [5, 5.41) is 0. The van der Waals surface area contributed by atoms with Crippen LogP contribution in [0.4, 0.5) is 10.1 Å². The summed E-state index contributed by atoms with van der Waals surface area (Å²) in [6.45, 7) is 1.86. The zero-order valence-corrected chi connectivity index (χ0v) is 15.9. The third kappa shape index (κ3) is 3.29. The molecule has 1 aliphatic heterocycles. The molecule has 5 nitrogen and oxygen atoms in total. The molecule has 1 atom stereocenters. The molecule has 0 bridgehead atoms. The van der Waals surface area contributed by atoms with Crippen LogP contribution in [0, 0.1) is 5.82 Å². The van der Waals surface area contributed by atoms with Crippen molar-refractivity contribution in [3.63, 3.8) is 0 Å². The summed E-state index contributed by atoms with van der Waals surface area (Å²) in [5.74, 6) is 0.670. The topological polar surface area (TPSA) is 55.8 Å². The molecule has 0 aromatic heterocycles. The van der Waals surface area contributed by atoms with Crippen molar-refractivity contribution in [2.45, 2.75) is 17.9 Å². The highest BCUT2D eigenvalue weighted by molar-refractivity contribution is 7.92. The van der Waals surface area contributed by atoms with Gasteiger partial charge in [-0.25, -0.2) is 12.8 Å². The number of hydrogen-bond acceptors (Lipinski definition) is 4. The Bertz CT molecular complexity index is 1090. The second-order valence-corrected chi connectivity index (χ2v) is 8.19. The van der Waals surface area contributed by atoms with Crippen molar-refractivity contribution in [2.24, 2.45) is 0 Å². The molecule has 28 heavy (non-hydrogen) atoms. The van der Waals surface area contributed by atoms with E-state index in [1.807, 2.05) is 0 Å². The van der Waals surface area contributed by atoms with E-state index in [1.165, 1.54) is 16.4 Å². The zero-order chi connectivity index (χ0) is 19.7. The largest absolute Gasteiger partial charge is 0.454 e. The molecule has 0 N–H and O–H groups in total. The van der Waals surface area contributed by atoms with Gasteiger partial charge in [-0.2, -0.15) is 0 Å². The number of sulfonamides is 1. The molecule has 3 aromatic carbocycles. The molecule has 0 unspecified atom stereocenters. The Morgan fingerprint density at radius 3 is 2.32 bits per heavy atom. The Morgan fingerprint density at radius 2 is 1.61 bits per heavy atom. The fourth-order valence-electron chi connectivity index (χ4n) is 3.18. The number of nitrogens with zero attached hydrogens (tertiary/aromatic N) is 1. The lowest BCUT2D eigenvalue weighted by molar-refractivity contribution is 0.174. The number of fused-ring (bicyclic) bond motifs is 1. The van der Waals surface area contributed by atoms with Gasteiger partial charge in [-0.3, -0.25) is 4.31 Å². The van der Waals surface area contributed by atoms with Crippen LogP contribution in [0.25, 0.3) is 0 Å². The van der Waals surface area contributed by atoms with Crippen LogP contribution in [0.3, 0.4) is 0 Å². The van der Waals surface area contributed by atoms with E-state index < -0.39 is 16.1 Å². The minimum Gasteiger partial charge on any atom is -0.454 e. The highest BCUT2D eigenvalue weighted by Gasteiger charge is 2.31. The maximum atomic E-state index is 13.5. The minimum atomic E-state index is -3.89. The molecule has 1 aliphatic rings. The lowest BCUT2D eigenvalue weighted by Crippen LogP contribution is -2.33. The summed E-state index contributed by atoms with van der Waals surface area (Å²) in [6.07, 6.45) is 0. The highest BCUT2D eigenvalue weighted by Crippen LogP contribution is 2.40. The molecule has 0 fully saturated rings. The van der Waals surface area contributed by atoms with Crippen molar-refractivity contribution in [3.8, 4) is 11.5 Å². The molecule has 7 heteroatoms. The molecule has 3 aromatic rings. The first kappa shape index (κ1) is 18.3. The molecule has 4 rings (SSSR count). The predicted octanol–water partition coefficient (Wildman–Crippen LogP) is 4.51. The predicted molar refractivity (Wildman–Crippen MR) is 103 cm³/mol. The number of benzene rings is 3. The van der Waals surface area contributed by atoms with Crippen LogP contribution in [0.1, 0.15) is 18.5 Å². The number of ether oxygens (including phenoxy) is 2. The van der Waals surface area contributed by atoms with Gasteiger partial charge in [-0.1, -0.05) is 30.3 Å². The van der Waals surface area contributed by atoms with Crippen molar-refractivity contribution < 1.29 is 22.3 Å². The quantitative estimate of drug-likeness (QED) is 0.633. The summed E-state index contributed by atoms with van der Waals surface area (Å²) >= 11 is 0. The molecule has 144 valence electrons. The number of halogens is 1. The van der Waals surface area contributed by atoms with Gasteiger partial charge in [0.15, 0.2) is 11.5 Å². The number of anilines is 1. The van der Waals surface area contributed by atoms with Gasteiger partial charge in [0.05, 0.1) is 16.6 Å². The van der Waals surface area contributed by atoms with Crippen LogP contribution in [0.15, 0.2) is 77.7 Å². The Labute approximate surface area is 163 Å². The van der Waals surface area contributed by atoms with Crippen molar-refractivity contribution in [1.29, 1.82) is 0 Å². The van der Waals surface area contributed by atoms with Crippen LogP contribution in [0.5, 0.6) is 11.5 Å². The maximum Gasteiger partial charge on any atom is 0.264 e. The maximum absolute atomic E-state index is 13.5. The molecule has 0 saturated heterocycles. The van der Waals surface area contributed by atoms with Gasteiger partial charge in [-0.05, 0) is 48.9 Å². The first-order valence-electron chi connectivity index (χ1n) is 8.71. The van der Waals surface area contributed by atoms with Crippen LogP contribution < -0.4 is 13.8 Å². The first-order valence-corrected chi connectivity index (χ1v) is 10.2. The zero-order valence-electron chi connectivity index (χ0n) is 15.1. The fourth-order valence-corrected chi connectivity index (χ4v) is 4.83. The third-order valence-electron chi connectivity index (χ3n) is 4.61. The van der Waals surface area contributed by atoms with Crippen LogP contribution in [-0.2, 0) is 10.0 Å². The summed E-state index contributed by atoms with van der Waals surface area (Å²) in [4.78, 5) is 0.168. The average Bonchev–Trinajstić information content (AvgIpc) is 3.17. The van der Waals surface area contributed by atoms with Crippen LogP contribution in [0.2, 0.25) is 0 Å². The minimum absolute atomic E-state index is 0.0950. The Kier molecular flexibility index (Phi) is 4.68. The van der Waals surface area contributed by atoms with E-state index in [-0.39, 0.29) is 17.5 Å². The second-order valence-electron chi connectivity index (χ2n) is 6.38. The molecule has 0 saturated carbocycles. The van der Waals surface area contributed by atoms with Crippen molar-refractivity contribution in [2.75, 3.05) is 11.1 Å². The van der Waals surface area contributed by atoms with Gasteiger partial charge >= 0.3 is 0 Å². The van der Waals surface area contributed by atoms with E-state index in [4.69, 9.17) is 9.47 Å². The molecular weight excluding hydrogens is 381 g/mol. The highest BCUT2D eigenvalue weighted by atomic mass is 32.2. The lowest BCUT2D eigenvalue weighted by Gasteiger charge is -2.31. The van der Waals surface area contributed by atoms with Gasteiger partial charge < -0.3 is 9.47 Å². The molecule has 0 aliphatic carbocycles. The molecule has 0 spiro atoms. The number of hydrogen-bond donors (Lipinski definition) is 0. The van der Waals surface area contributed by atoms with E-state index in [9.17, 15) is 12.8 Å². The Morgan fingerprint density at radius 1 is 0.929 bits per heavy atom. The molecule has 0 radical (unpaired) electrons. The van der Waals surface area contributed by atoms with Gasteiger partial charge in [0.25, 0.3) is 10.0 Å². The second kappa shape index (κ2) is 7.16. The van der Waals surface area contributed by atoms with E-state index in [0.717, 1.165) is 0 Å². The first-order chi connectivity index (χ1) is 13.5. The van der Waals surface area contributed by atoms with Gasteiger partial charge in [-0.15, -0.1) is 0 Å². The molecule has 0 amide bonds.